The van der Waals surface area contributed by atoms with Gasteiger partial charge < -0.3 is 14.6 Å². The Bertz CT molecular complexity index is 291. The fraction of sp³-hybridized carbons (Fsp3) is 0.444. The highest BCUT2D eigenvalue weighted by Crippen LogP contribution is 1.96. The monoisotopic (exact) mass is 216 g/mol. The summed E-state index contributed by atoms with van der Waals surface area (Å²) in [7, 11) is 1.13. The molecule has 0 aliphatic rings. The summed E-state index contributed by atoms with van der Waals surface area (Å²) in [5.74, 6) is -3.30. The predicted octanol–water partition coefficient (Wildman–Crippen LogP) is 0.124. The molecule has 0 radical (unpaired) electrons. The van der Waals surface area contributed by atoms with Crippen LogP contribution in [0.4, 0.5) is 0 Å². The summed E-state index contributed by atoms with van der Waals surface area (Å²) in [6, 6.07) is 0. The normalized spacial score (nSPS) is 10.7. The van der Waals surface area contributed by atoms with Crippen molar-refractivity contribution < 1.29 is 29.0 Å². The standard InChI is InChI=1S/C9H12O6/c1-3-15-9(13)7(11)4-6(10)5-8(12)14-2/h4,11H,3,5H2,1-2H3/b7-4-. The van der Waals surface area contributed by atoms with E-state index in [-0.39, 0.29) is 6.61 Å². The van der Waals surface area contributed by atoms with Gasteiger partial charge in [-0.05, 0) is 6.92 Å². The third-order valence-corrected chi connectivity index (χ3v) is 1.33. The number of ketones is 1. The summed E-state index contributed by atoms with van der Waals surface area (Å²) in [6.07, 6.45) is 0.106. The van der Waals surface area contributed by atoms with Crippen LogP contribution in [0, 0.1) is 0 Å². The molecule has 0 bridgehead atoms. The number of methoxy groups -OCH3 is 1. The van der Waals surface area contributed by atoms with Crippen LogP contribution in [0.25, 0.3) is 0 Å². The Morgan fingerprint density at radius 2 is 1.93 bits per heavy atom. The van der Waals surface area contributed by atoms with Gasteiger partial charge in [-0.3, -0.25) is 9.59 Å². The molecule has 6 nitrogen and oxygen atoms in total. The van der Waals surface area contributed by atoms with Gasteiger partial charge in [-0.2, -0.15) is 0 Å². The van der Waals surface area contributed by atoms with Gasteiger partial charge >= 0.3 is 11.9 Å². The zero-order valence-electron chi connectivity index (χ0n) is 8.48. The number of aliphatic hydroxyl groups excluding tert-OH is 1. The maximum atomic E-state index is 11.0. The van der Waals surface area contributed by atoms with E-state index in [4.69, 9.17) is 5.11 Å². The minimum absolute atomic E-state index is 0.0852. The van der Waals surface area contributed by atoms with Crippen molar-refractivity contribution in [3.8, 4) is 0 Å². The van der Waals surface area contributed by atoms with Crippen LogP contribution in [0.5, 0.6) is 0 Å². The molecule has 84 valence electrons. The SMILES string of the molecule is CCOC(=O)/C(O)=C/C(=O)CC(=O)OC. The lowest BCUT2D eigenvalue weighted by atomic mass is 10.2. The lowest BCUT2D eigenvalue weighted by Crippen LogP contribution is -2.11. The number of ether oxygens (including phenoxy) is 2. The van der Waals surface area contributed by atoms with Crippen molar-refractivity contribution in [2.24, 2.45) is 0 Å². The first-order valence-corrected chi connectivity index (χ1v) is 4.18. The van der Waals surface area contributed by atoms with Crippen LogP contribution in [-0.4, -0.2) is 36.5 Å². The highest BCUT2D eigenvalue weighted by molar-refractivity contribution is 6.05. The van der Waals surface area contributed by atoms with E-state index in [0.29, 0.717) is 6.08 Å². The van der Waals surface area contributed by atoms with Crippen molar-refractivity contribution in [3.05, 3.63) is 11.8 Å². The van der Waals surface area contributed by atoms with Crippen LogP contribution < -0.4 is 0 Å². The summed E-state index contributed by atoms with van der Waals surface area (Å²) in [5.41, 5.74) is 0. The van der Waals surface area contributed by atoms with E-state index in [0.717, 1.165) is 7.11 Å². The van der Waals surface area contributed by atoms with Gasteiger partial charge in [0.05, 0.1) is 13.7 Å². The summed E-state index contributed by atoms with van der Waals surface area (Å²) in [5, 5.41) is 9.02. The van der Waals surface area contributed by atoms with Crippen LogP contribution in [0.2, 0.25) is 0 Å². The Balaban J connectivity index is 4.29. The van der Waals surface area contributed by atoms with Crippen molar-refractivity contribution in [3.63, 3.8) is 0 Å². The number of allylic oxidation sites excluding steroid dienone is 1. The van der Waals surface area contributed by atoms with E-state index >= 15 is 0 Å². The number of esters is 2. The lowest BCUT2D eigenvalue weighted by molar-refractivity contribution is -0.144. The average Bonchev–Trinajstić information content (AvgIpc) is 2.17. The predicted molar refractivity (Wildman–Crippen MR) is 49.0 cm³/mol. The summed E-state index contributed by atoms with van der Waals surface area (Å²) in [4.78, 5) is 32.4. The van der Waals surface area contributed by atoms with Gasteiger partial charge in [0.25, 0.3) is 0 Å². The minimum atomic E-state index is -1.00. The van der Waals surface area contributed by atoms with Gasteiger partial charge in [-0.25, -0.2) is 4.79 Å². The molecule has 0 atom stereocenters. The van der Waals surface area contributed by atoms with Gasteiger partial charge in [0.1, 0.15) is 6.42 Å². The Kier molecular flexibility index (Phi) is 5.77. The molecule has 0 aliphatic carbocycles. The second kappa shape index (κ2) is 6.58. The topological polar surface area (TPSA) is 89.9 Å². The number of hydrogen-bond acceptors (Lipinski definition) is 6. The number of rotatable bonds is 5. The molecule has 0 saturated carbocycles. The molecule has 0 aromatic carbocycles. The van der Waals surface area contributed by atoms with Crippen LogP contribution >= 0.6 is 0 Å². The highest BCUT2D eigenvalue weighted by atomic mass is 16.5. The van der Waals surface area contributed by atoms with Crippen molar-refractivity contribution in [1.82, 2.24) is 0 Å². The number of hydrogen-bond donors (Lipinski definition) is 1. The van der Waals surface area contributed by atoms with E-state index in [1.54, 1.807) is 6.92 Å². The molecule has 0 amide bonds. The first kappa shape index (κ1) is 13.2. The maximum Gasteiger partial charge on any atom is 0.373 e. The molecule has 15 heavy (non-hydrogen) atoms. The molecule has 0 unspecified atom stereocenters. The molecule has 0 aromatic rings. The Hall–Kier alpha value is -1.85. The maximum absolute atomic E-state index is 11.0. The van der Waals surface area contributed by atoms with Crippen molar-refractivity contribution >= 4 is 17.7 Å². The Labute approximate surface area is 86.5 Å². The Morgan fingerprint density at radius 3 is 2.40 bits per heavy atom. The van der Waals surface area contributed by atoms with Crippen LogP contribution in [-0.2, 0) is 23.9 Å². The molecular formula is C9H12O6. The van der Waals surface area contributed by atoms with E-state index in [2.05, 4.69) is 9.47 Å². The van der Waals surface area contributed by atoms with E-state index in [1.165, 1.54) is 0 Å². The molecule has 0 spiro atoms. The average molecular weight is 216 g/mol. The fourth-order valence-electron chi connectivity index (χ4n) is 0.682. The first-order valence-electron chi connectivity index (χ1n) is 4.18. The summed E-state index contributed by atoms with van der Waals surface area (Å²) in [6.45, 7) is 1.64. The van der Waals surface area contributed by atoms with Gasteiger partial charge in [0.15, 0.2) is 5.78 Å². The largest absolute Gasteiger partial charge is 0.502 e. The molecule has 6 heteroatoms. The van der Waals surface area contributed by atoms with Gasteiger partial charge in [-0.1, -0.05) is 0 Å². The van der Waals surface area contributed by atoms with Gasteiger partial charge in [0.2, 0.25) is 5.76 Å². The van der Waals surface area contributed by atoms with Crippen molar-refractivity contribution in [2.75, 3.05) is 13.7 Å². The number of carbonyl (C=O) groups is 3. The molecular weight excluding hydrogens is 204 g/mol. The Morgan fingerprint density at radius 1 is 1.33 bits per heavy atom. The summed E-state index contributed by atoms with van der Waals surface area (Å²) >= 11 is 0. The molecule has 0 aliphatic heterocycles. The third kappa shape index (κ3) is 5.45. The lowest BCUT2D eigenvalue weighted by Gasteiger charge is -1.99. The molecule has 0 heterocycles. The minimum Gasteiger partial charge on any atom is -0.502 e. The molecule has 0 rings (SSSR count). The molecule has 0 saturated heterocycles. The first-order chi connectivity index (χ1) is 7.01. The van der Waals surface area contributed by atoms with Crippen LogP contribution in [0.3, 0.4) is 0 Å². The second-order valence-corrected chi connectivity index (χ2v) is 2.47. The summed E-state index contributed by atoms with van der Waals surface area (Å²) < 4.78 is 8.63. The molecule has 0 fully saturated rings. The third-order valence-electron chi connectivity index (χ3n) is 1.33. The van der Waals surface area contributed by atoms with E-state index in [9.17, 15) is 14.4 Å². The fourth-order valence-corrected chi connectivity index (χ4v) is 0.682. The smallest absolute Gasteiger partial charge is 0.373 e. The van der Waals surface area contributed by atoms with Gasteiger partial charge in [0, 0.05) is 6.08 Å². The number of aliphatic hydroxyl groups is 1. The quantitative estimate of drug-likeness (QED) is 0.304. The van der Waals surface area contributed by atoms with Crippen LogP contribution in [0.15, 0.2) is 11.8 Å². The number of carbonyl (C=O) groups excluding carboxylic acids is 3. The zero-order valence-corrected chi connectivity index (χ0v) is 8.48. The molecule has 0 aromatic heterocycles. The van der Waals surface area contributed by atoms with E-state index in [1.807, 2.05) is 0 Å². The van der Waals surface area contributed by atoms with Crippen molar-refractivity contribution in [1.29, 1.82) is 0 Å². The van der Waals surface area contributed by atoms with Crippen LogP contribution in [0.1, 0.15) is 13.3 Å². The zero-order chi connectivity index (χ0) is 11.8. The second-order valence-electron chi connectivity index (χ2n) is 2.47. The van der Waals surface area contributed by atoms with Gasteiger partial charge in [-0.15, -0.1) is 0 Å². The highest BCUT2D eigenvalue weighted by Gasteiger charge is 2.13. The van der Waals surface area contributed by atoms with Crippen molar-refractivity contribution in [2.45, 2.75) is 13.3 Å². The molecule has 1 N–H and O–H groups in total. The van der Waals surface area contributed by atoms with E-state index < -0.39 is 29.9 Å².